The molecule has 1 aromatic carbocycles. The van der Waals surface area contributed by atoms with E-state index in [1.54, 1.807) is 0 Å². The molecule has 5 heteroatoms. The van der Waals surface area contributed by atoms with Crippen LogP contribution in [0.3, 0.4) is 0 Å². The molecule has 1 atom stereocenters. The van der Waals surface area contributed by atoms with Crippen molar-refractivity contribution >= 4 is 37.8 Å². The molecule has 104 valence electrons. The molecule has 1 aliphatic rings. The first kappa shape index (κ1) is 15.0. The third kappa shape index (κ3) is 3.58. The first-order chi connectivity index (χ1) is 8.78. The number of amides is 1. The van der Waals surface area contributed by atoms with Gasteiger partial charge in [0, 0.05) is 22.0 Å². The first-order valence-corrected chi connectivity index (χ1v) is 7.79. The lowest BCUT2D eigenvalue weighted by atomic mass is 10.0. The molecule has 0 N–H and O–H groups in total. The fraction of sp³-hybridized carbons (Fsp3) is 0.500. The lowest BCUT2D eigenvalue weighted by Crippen LogP contribution is -2.53. The molecule has 1 aliphatic heterocycles. The van der Waals surface area contributed by atoms with Crippen LogP contribution in [0, 0.1) is 0 Å². The average molecular weight is 391 g/mol. The molecule has 1 fully saturated rings. The predicted octanol–water partition coefficient (Wildman–Crippen LogP) is 3.85. The summed E-state index contributed by atoms with van der Waals surface area (Å²) in [6.45, 7) is 7.26. The largest absolute Gasteiger partial charge is 0.369 e. The van der Waals surface area contributed by atoms with E-state index in [2.05, 4.69) is 31.9 Å². The Balaban J connectivity index is 2.24. The van der Waals surface area contributed by atoms with Crippen molar-refractivity contribution in [3.63, 3.8) is 0 Å². The summed E-state index contributed by atoms with van der Waals surface area (Å²) in [5.41, 5.74) is 0.392. The van der Waals surface area contributed by atoms with E-state index in [9.17, 15) is 4.79 Å². The topological polar surface area (TPSA) is 29.5 Å². The van der Waals surface area contributed by atoms with E-state index in [1.165, 1.54) is 0 Å². The van der Waals surface area contributed by atoms with Gasteiger partial charge in [-0.3, -0.25) is 4.79 Å². The van der Waals surface area contributed by atoms with E-state index in [0.29, 0.717) is 18.7 Å². The Morgan fingerprint density at radius 2 is 2.11 bits per heavy atom. The van der Waals surface area contributed by atoms with Gasteiger partial charge in [0.05, 0.1) is 17.3 Å². The third-order valence-corrected chi connectivity index (χ3v) is 4.17. The van der Waals surface area contributed by atoms with Crippen LogP contribution < -0.4 is 0 Å². The number of carbonyl (C=O) groups excluding carboxylic acids is 1. The van der Waals surface area contributed by atoms with Gasteiger partial charge < -0.3 is 9.64 Å². The molecule has 0 spiro atoms. The van der Waals surface area contributed by atoms with Crippen molar-refractivity contribution in [3.8, 4) is 0 Å². The van der Waals surface area contributed by atoms with Gasteiger partial charge in [-0.05, 0) is 54.9 Å². The zero-order valence-corrected chi connectivity index (χ0v) is 14.4. The molecule has 1 saturated heterocycles. The lowest BCUT2D eigenvalue weighted by molar-refractivity contribution is -0.118. The van der Waals surface area contributed by atoms with E-state index in [4.69, 9.17) is 4.74 Å². The highest BCUT2D eigenvalue weighted by Crippen LogP contribution is 2.26. The van der Waals surface area contributed by atoms with Gasteiger partial charge >= 0.3 is 0 Å². The van der Waals surface area contributed by atoms with E-state index >= 15 is 0 Å². The van der Waals surface area contributed by atoms with Crippen molar-refractivity contribution in [2.24, 2.45) is 0 Å². The smallest absolute Gasteiger partial charge is 0.255 e. The van der Waals surface area contributed by atoms with Gasteiger partial charge in [-0.2, -0.15) is 0 Å². The van der Waals surface area contributed by atoms with Gasteiger partial charge in [0.1, 0.15) is 0 Å². The monoisotopic (exact) mass is 389 g/mol. The van der Waals surface area contributed by atoms with Crippen molar-refractivity contribution in [1.29, 1.82) is 0 Å². The highest BCUT2D eigenvalue weighted by Gasteiger charge is 2.34. The van der Waals surface area contributed by atoms with Crippen LogP contribution in [0.2, 0.25) is 0 Å². The molecule has 19 heavy (non-hydrogen) atoms. The van der Waals surface area contributed by atoms with E-state index in [-0.39, 0.29) is 17.6 Å². The molecule has 1 heterocycles. The highest BCUT2D eigenvalue weighted by molar-refractivity contribution is 9.11. The number of carbonyl (C=O) groups is 1. The zero-order chi connectivity index (χ0) is 14.2. The summed E-state index contributed by atoms with van der Waals surface area (Å²) < 4.78 is 7.59. The quantitative estimate of drug-likeness (QED) is 0.728. The first-order valence-electron chi connectivity index (χ1n) is 6.21. The summed E-state index contributed by atoms with van der Waals surface area (Å²) >= 11 is 6.84. The van der Waals surface area contributed by atoms with E-state index in [0.717, 1.165) is 8.95 Å². The van der Waals surface area contributed by atoms with Crippen molar-refractivity contribution in [1.82, 2.24) is 4.90 Å². The van der Waals surface area contributed by atoms with Crippen LogP contribution >= 0.6 is 31.9 Å². The van der Waals surface area contributed by atoms with Gasteiger partial charge in [-0.25, -0.2) is 0 Å². The molecule has 3 nitrogen and oxygen atoms in total. The summed E-state index contributed by atoms with van der Waals surface area (Å²) in [4.78, 5) is 14.5. The average Bonchev–Trinajstić information content (AvgIpc) is 2.25. The van der Waals surface area contributed by atoms with Crippen LogP contribution in [0.1, 0.15) is 31.1 Å². The van der Waals surface area contributed by atoms with Gasteiger partial charge in [-0.15, -0.1) is 0 Å². The number of halogens is 2. The normalized spacial score (nSPS) is 22.4. The molecule has 0 bridgehead atoms. The number of nitrogens with zero attached hydrogens (tertiary/aromatic N) is 1. The molecule has 1 unspecified atom stereocenters. The Morgan fingerprint density at radius 3 is 2.68 bits per heavy atom. The van der Waals surface area contributed by atoms with Crippen LogP contribution in [0.25, 0.3) is 0 Å². The number of ether oxygens (including phenoxy) is 1. The lowest BCUT2D eigenvalue weighted by Gasteiger charge is -2.41. The fourth-order valence-electron chi connectivity index (χ4n) is 2.44. The van der Waals surface area contributed by atoms with Crippen LogP contribution in [0.5, 0.6) is 0 Å². The molecule has 1 aromatic rings. The molecule has 1 amide bonds. The maximum atomic E-state index is 12.6. The number of hydrogen-bond donors (Lipinski definition) is 0. The van der Waals surface area contributed by atoms with Crippen molar-refractivity contribution in [2.75, 3.05) is 13.1 Å². The van der Waals surface area contributed by atoms with Crippen LogP contribution in [0.4, 0.5) is 0 Å². The van der Waals surface area contributed by atoms with Gasteiger partial charge in [0.2, 0.25) is 0 Å². The summed E-state index contributed by atoms with van der Waals surface area (Å²) in [7, 11) is 0. The summed E-state index contributed by atoms with van der Waals surface area (Å²) in [5, 5.41) is 0. The fourth-order valence-corrected chi connectivity index (χ4v) is 3.66. The summed E-state index contributed by atoms with van der Waals surface area (Å²) in [5.74, 6) is 0.0441. The number of benzene rings is 1. The molecule has 0 aromatic heterocycles. The Hall–Kier alpha value is -0.390. The second kappa shape index (κ2) is 5.54. The number of morpholine rings is 1. The van der Waals surface area contributed by atoms with Crippen LogP contribution in [-0.2, 0) is 4.74 Å². The Labute approximate surface area is 130 Å². The SMILES string of the molecule is CC1CN(C(=O)c2ccc(Br)cc2Br)CC(C)(C)O1. The van der Waals surface area contributed by atoms with Crippen molar-refractivity contribution in [2.45, 2.75) is 32.5 Å². The number of rotatable bonds is 1. The predicted molar refractivity (Wildman–Crippen MR) is 82.4 cm³/mol. The Morgan fingerprint density at radius 1 is 1.42 bits per heavy atom. The molecular weight excluding hydrogens is 374 g/mol. The molecule has 0 saturated carbocycles. The zero-order valence-electron chi connectivity index (χ0n) is 11.2. The Kier molecular flexibility index (Phi) is 4.38. The molecular formula is C14H17Br2NO2. The summed E-state index contributed by atoms with van der Waals surface area (Å²) in [6.07, 6.45) is 0.0573. The van der Waals surface area contributed by atoms with Gasteiger partial charge in [0.25, 0.3) is 5.91 Å². The molecule has 0 aliphatic carbocycles. The molecule has 0 radical (unpaired) electrons. The van der Waals surface area contributed by atoms with Crippen LogP contribution in [-0.4, -0.2) is 35.6 Å². The Bertz CT molecular complexity index is 502. The van der Waals surface area contributed by atoms with E-state index < -0.39 is 0 Å². The minimum atomic E-state index is -0.296. The van der Waals surface area contributed by atoms with E-state index in [1.807, 2.05) is 43.9 Å². The molecule has 2 rings (SSSR count). The highest BCUT2D eigenvalue weighted by atomic mass is 79.9. The maximum Gasteiger partial charge on any atom is 0.255 e. The minimum absolute atomic E-state index is 0.0441. The second-order valence-electron chi connectivity index (χ2n) is 5.50. The van der Waals surface area contributed by atoms with Gasteiger partial charge in [0.15, 0.2) is 0 Å². The van der Waals surface area contributed by atoms with Gasteiger partial charge in [-0.1, -0.05) is 15.9 Å². The minimum Gasteiger partial charge on any atom is -0.369 e. The summed E-state index contributed by atoms with van der Waals surface area (Å²) in [6, 6.07) is 5.61. The van der Waals surface area contributed by atoms with Crippen molar-refractivity contribution in [3.05, 3.63) is 32.7 Å². The maximum absolute atomic E-state index is 12.6. The second-order valence-corrected chi connectivity index (χ2v) is 7.27. The standard InChI is InChI=1S/C14H17Br2NO2/c1-9-7-17(8-14(2,3)19-9)13(18)11-5-4-10(15)6-12(11)16/h4-6,9H,7-8H2,1-3H3. The number of hydrogen-bond acceptors (Lipinski definition) is 2. The van der Waals surface area contributed by atoms with Crippen molar-refractivity contribution < 1.29 is 9.53 Å². The van der Waals surface area contributed by atoms with Crippen LogP contribution in [0.15, 0.2) is 27.1 Å². The third-order valence-electron chi connectivity index (χ3n) is 3.02.